The van der Waals surface area contributed by atoms with Gasteiger partial charge in [-0.05, 0) is 42.7 Å². The van der Waals surface area contributed by atoms with E-state index in [-0.39, 0.29) is 24.7 Å². The molecular weight excluding hydrogens is 412 g/mol. The minimum atomic E-state index is -0.296. The SMILES string of the molecule is CC(=O)NCc1ccc(C(=O)NC(=NC[C@@H]2CCCO2)Nc2ccc3c(c2)OCO3)cc1. The first-order valence-corrected chi connectivity index (χ1v) is 10.5. The van der Waals surface area contributed by atoms with Crippen molar-refractivity contribution in [2.75, 3.05) is 25.3 Å². The van der Waals surface area contributed by atoms with E-state index in [0.29, 0.717) is 41.8 Å². The summed E-state index contributed by atoms with van der Waals surface area (Å²) < 4.78 is 16.4. The molecule has 0 saturated carbocycles. The van der Waals surface area contributed by atoms with Crippen molar-refractivity contribution >= 4 is 23.5 Å². The van der Waals surface area contributed by atoms with Gasteiger partial charge >= 0.3 is 0 Å². The number of fused-ring (bicyclic) bond motifs is 1. The predicted octanol–water partition coefficient (Wildman–Crippen LogP) is 2.43. The smallest absolute Gasteiger partial charge is 0.257 e. The predicted molar refractivity (Wildman–Crippen MR) is 119 cm³/mol. The highest BCUT2D eigenvalue weighted by Crippen LogP contribution is 2.34. The van der Waals surface area contributed by atoms with Crippen LogP contribution < -0.4 is 25.4 Å². The summed E-state index contributed by atoms with van der Waals surface area (Å²) in [5, 5.41) is 8.73. The molecule has 2 aliphatic rings. The second kappa shape index (κ2) is 10.1. The third-order valence-corrected chi connectivity index (χ3v) is 5.10. The summed E-state index contributed by atoms with van der Waals surface area (Å²) in [4.78, 5) is 28.4. The summed E-state index contributed by atoms with van der Waals surface area (Å²) in [7, 11) is 0. The van der Waals surface area contributed by atoms with Crippen LogP contribution in [0, 0.1) is 0 Å². The van der Waals surface area contributed by atoms with E-state index in [1.807, 2.05) is 6.07 Å². The molecule has 168 valence electrons. The molecule has 2 heterocycles. The number of nitrogens with one attached hydrogen (secondary N) is 3. The number of benzene rings is 2. The average molecular weight is 438 g/mol. The first-order valence-electron chi connectivity index (χ1n) is 10.5. The van der Waals surface area contributed by atoms with Crippen LogP contribution in [0.25, 0.3) is 0 Å². The number of hydrogen-bond acceptors (Lipinski definition) is 6. The molecule has 1 fully saturated rings. The maximum absolute atomic E-state index is 12.8. The molecule has 9 nitrogen and oxygen atoms in total. The molecule has 0 spiro atoms. The van der Waals surface area contributed by atoms with Crippen molar-refractivity contribution in [2.24, 2.45) is 4.99 Å². The van der Waals surface area contributed by atoms with Crippen molar-refractivity contribution in [3.63, 3.8) is 0 Å². The van der Waals surface area contributed by atoms with Crippen molar-refractivity contribution in [1.29, 1.82) is 0 Å². The monoisotopic (exact) mass is 438 g/mol. The number of guanidine groups is 1. The Kier molecular flexibility index (Phi) is 6.86. The number of amides is 2. The van der Waals surface area contributed by atoms with Crippen molar-refractivity contribution in [2.45, 2.75) is 32.4 Å². The number of anilines is 1. The van der Waals surface area contributed by atoms with E-state index in [4.69, 9.17) is 14.2 Å². The molecule has 0 bridgehead atoms. The second-order valence-corrected chi connectivity index (χ2v) is 7.58. The third-order valence-electron chi connectivity index (χ3n) is 5.10. The lowest BCUT2D eigenvalue weighted by molar-refractivity contribution is -0.119. The summed E-state index contributed by atoms with van der Waals surface area (Å²) in [6, 6.07) is 12.5. The summed E-state index contributed by atoms with van der Waals surface area (Å²) in [5.74, 6) is 1.24. The summed E-state index contributed by atoms with van der Waals surface area (Å²) in [6.07, 6.45) is 2.01. The average Bonchev–Trinajstić information content (AvgIpc) is 3.48. The molecule has 1 saturated heterocycles. The van der Waals surface area contributed by atoms with Crippen molar-refractivity contribution < 1.29 is 23.8 Å². The van der Waals surface area contributed by atoms with E-state index in [1.54, 1.807) is 36.4 Å². The highest BCUT2D eigenvalue weighted by molar-refractivity contribution is 6.10. The third kappa shape index (κ3) is 5.76. The highest BCUT2D eigenvalue weighted by atomic mass is 16.7. The molecule has 32 heavy (non-hydrogen) atoms. The van der Waals surface area contributed by atoms with Crippen LogP contribution >= 0.6 is 0 Å². The van der Waals surface area contributed by atoms with Crippen molar-refractivity contribution in [1.82, 2.24) is 10.6 Å². The number of rotatable bonds is 6. The fourth-order valence-corrected chi connectivity index (χ4v) is 3.38. The Morgan fingerprint density at radius 3 is 2.66 bits per heavy atom. The van der Waals surface area contributed by atoms with E-state index in [0.717, 1.165) is 25.0 Å². The Labute approximate surface area is 186 Å². The van der Waals surface area contributed by atoms with Gasteiger partial charge in [0.25, 0.3) is 5.91 Å². The molecular formula is C23H26N4O5. The van der Waals surface area contributed by atoms with E-state index in [9.17, 15) is 9.59 Å². The molecule has 4 rings (SSSR count). The van der Waals surface area contributed by atoms with Gasteiger partial charge in [0.05, 0.1) is 12.6 Å². The Bertz CT molecular complexity index is 1000. The maximum Gasteiger partial charge on any atom is 0.257 e. The minimum Gasteiger partial charge on any atom is -0.454 e. The summed E-state index contributed by atoms with van der Waals surface area (Å²) >= 11 is 0. The van der Waals surface area contributed by atoms with E-state index in [1.165, 1.54) is 6.92 Å². The lowest BCUT2D eigenvalue weighted by atomic mass is 10.1. The van der Waals surface area contributed by atoms with Gasteiger partial charge in [0, 0.05) is 37.4 Å². The molecule has 0 aromatic heterocycles. The van der Waals surface area contributed by atoms with Crippen LogP contribution in [0.5, 0.6) is 11.5 Å². The molecule has 0 aliphatic carbocycles. The zero-order valence-electron chi connectivity index (χ0n) is 17.8. The van der Waals surface area contributed by atoms with Gasteiger partial charge in [0.15, 0.2) is 11.5 Å². The molecule has 9 heteroatoms. The van der Waals surface area contributed by atoms with Gasteiger partial charge in [-0.15, -0.1) is 0 Å². The number of nitrogens with zero attached hydrogens (tertiary/aromatic N) is 1. The molecule has 2 aromatic rings. The zero-order chi connectivity index (χ0) is 22.3. The Balaban J connectivity index is 1.44. The lowest BCUT2D eigenvalue weighted by Gasteiger charge is -2.14. The van der Waals surface area contributed by atoms with Gasteiger partial charge in [-0.3, -0.25) is 14.9 Å². The van der Waals surface area contributed by atoms with Crippen molar-refractivity contribution in [3.05, 3.63) is 53.6 Å². The van der Waals surface area contributed by atoms with E-state index < -0.39 is 0 Å². The van der Waals surface area contributed by atoms with Gasteiger partial charge in [-0.1, -0.05) is 12.1 Å². The molecule has 2 aromatic carbocycles. The standard InChI is InChI=1S/C23H26N4O5/c1-15(28)24-12-16-4-6-17(7-5-16)22(29)27-23(25-13-19-3-2-10-30-19)26-18-8-9-20-21(11-18)32-14-31-20/h4-9,11,19H,2-3,10,12-14H2,1H3,(H,24,28)(H2,25,26,27,29)/t19-/m0/s1. The normalized spacial score (nSPS) is 17.2. The number of carbonyl (C=O) groups is 2. The van der Waals surface area contributed by atoms with Gasteiger partial charge < -0.3 is 24.8 Å². The second-order valence-electron chi connectivity index (χ2n) is 7.58. The number of hydrogen-bond donors (Lipinski definition) is 3. The van der Waals surface area contributed by atoms with Crippen LogP contribution in [0.1, 0.15) is 35.7 Å². The lowest BCUT2D eigenvalue weighted by Crippen LogP contribution is -2.36. The quantitative estimate of drug-likeness (QED) is 0.472. The molecule has 0 unspecified atom stereocenters. The van der Waals surface area contributed by atoms with Gasteiger partial charge in [-0.2, -0.15) is 0 Å². The molecule has 0 radical (unpaired) electrons. The highest BCUT2D eigenvalue weighted by Gasteiger charge is 2.17. The molecule has 2 amide bonds. The van der Waals surface area contributed by atoms with Crippen LogP contribution in [-0.4, -0.2) is 43.8 Å². The van der Waals surface area contributed by atoms with Crippen LogP contribution in [-0.2, 0) is 16.1 Å². The molecule has 3 N–H and O–H groups in total. The van der Waals surface area contributed by atoms with Gasteiger partial charge in [-0.25, -0.2) is 4.99 Å². The van der Waals surface area contributed by atoms with Gasteiger partial charge in [0.1, 0.15) is 0 Å². The van der Waals surface area contributed by atoms with Crippen LogP contribution in [0.2, 0.25) is 0 Å². The Morgan fingerprint density at radius 1 is 1.09 bits per heavy atom. The van der Waals surface area contributed by atoms with Gasteiger partial charge in [0.2, 0.25) is 18.7 Å². The maximum atomic E-state index is 12.8. The largest absolute Gasteiger partial charge is 0.454 e. The fraction of sp³-hybridized carbons (Fsp3) is 0.348. The van der Waals surface area contributed by atoms with Crippen LogP contribution in [0.15, 0.2) is 47.5 Å². The molecule has 2 aliphatic heterocycles. The first kappa shape index (κ1) is 21.6. The Morgan fingerprint density at radius 2 is 1.91 bits per heavy atom. The summed E-state index contributed by atoms with van der Waals surface area (Å²) in [5.41, 5.74) is 2.10. The molecule has 1 atom stereocenters. The van der Waals surface area contributed by atoms with E-state index in [2.05, 4.69) is 20.9 Å². The van der Waals surface area contributed by atoms with Crippen LogP contribution in [0.3, 0.4) is 0 Å². The minimum absolute atomic E-state index is 0.0496. The first-order chi connectivity index (χ1) is 15.6. The number of aliphatic imine (C=N–C) groups is 1. The summed E-state index contributed by atoms with van der Waals surface area (Å²) in [6.45, 7) is 3.25. The number of carbonyl (C=O) groups excluding carboxylic acids is 2. The topological polar surface area (TPSA) is 110 Å². The number of ether oxygens (including phenoxy) is 3. The zero-order valence-corrected chi connectivity index (χ0v) is 17.8. The fourth-order valence-electron chi connectivity index (χ4n) is 3.38. The van der Waals surface area contributed by atoms with Crippen LogP contribution in [0.4, 0.5) is 5.69 Å². The van der Waals surface area contributed by atoms with Crippen molar-refractivity contribution in [3.8, 4) is 11.5 Å². The Hall–Kier alpha value is -3.59. The van der Waals surface area contributed by atoms with E-state index >= 15 is 0 Å².